The SMILES string of the molecule is CC/C=C\C/C=C\C/C=C\C/C=C\C/C=C\CCCCCCCC(=O)OCC(COP(=O)(O)OCC(O)COP(=O)(O)OCC(O)COC(=O)CCCCCCCCCCCCCCCCC/C=C\C/C=C\C/C=C\C/C=C\CCCCC)OC(=O)CCCCCCCC/C=C\C/C=C\C/C=C\C/C=C\CC. The van der Waals surface area contributed by atoms with Gasteiger partial charge in [-0.15, -0.1) is 0 Å². The van der Waals surface area contributed by atoms with Crippen molar-refractivity contribution in [1.82, 2.24) is 0 Å². The van der Waals surface area contributed by atoms with E-state index in [1.807, 2.05) is 0 Å². The molecule has 0 aromatic rings. The number of ether oxygens (including phenoxy) is 3. The van der Waals surface area contributed by atoms with Gasteiger partial charge >= 0.3 is 33.6 Å². The molecule has 0 fully saturated rings. The van der Waals surface area contributed by atoms with Gasteiger partial charge in [-0.3, -0.25) is 32.5 Å². The second-order valence-electron chi connectivity index (χ2n) is 27.5. The van der Waals surface area contributed by atoms with Gasteiger partial charge in [0.05, 0.1) is 26.4 Å². The maximum atomic E-state index is 13.0. The molecule has 612 valence electrons. The summed E-state index contributed by atoms with van der Waals surface area (Å²) in [5, 5.41) is 20.7. The van der Waals surface area contributed by atoms with Gasteiger partial charge in [0.25, 0.3) is 0 Å². The first-order chi connectivity index (χ1) is 52.2. The zero-order chi connectivity index (χ0) is 78.0. The Hall–Kier alpha value is -4.83. The van der Waals surface area contributed by atoms with Crippen LogP contribution in [0.5, 0.6) is 0 Å². The third-order valence-corrected chi connectivity index (χ3v) is 19.1. The molecule has 5 unspecified atom stereocenters. The Morgan fingerprint density at radius 2 is 0.495 bits per heavy atom. The molecule has 107 heavy (non-hydrogen) atoms. The molecule has 4 N–H and O–H groups in total. The van der Waals surface area contributed by atoms with Gasteiger partial charge in [-0.1, -0.05) is 320 Å². The highest BCUT2D eigenvalue weighted by Crippen LogP contribution is 2.45. The maximum absolute atomic E-state index is 13.0. The zero-order valence-corrected chi connectivity index (χ0v) is 68.8. The van der Waals surface area contributed by atoms with E-state index < -0.39 is 91.5 Å². The molecule has 0 aromatic carbocycles. The van der Waals surface area contributed by atoms with Crippen LogP contribution in [0.25, 0.3) is 0 Å². The number of rotatable bonds is 78. The predicted molar refractivity (Wildman–Crippen MR) is 445 cm³/mol. The molecule has 5 atom stereocenters. The highest BCUT2D eigenvalue weighted by atomic mass is 31.2. The van der Waals surface area contributed by atoms with Gasteiger partial charge in [0, 0.05) is 19.3 Å². The molecular formula is C89H150O16P2. The average Bonchev–Trinajstić information content (AvgIpc) is 0.928. The molecular weight excluding hydrogens is 1390 g/mol. The fourth-order valence-electron chi connectivity index (χ4n) is 10.9. The maximum Gasteiger partial charge on any atom is 0.472 e. The van der Waals surface area contributed by atoms with E-state index in [1.165, 1.54) is 103 Å². The minimum atomic E-state index is -4.95. The Bertz CT molecular complexity index is 2580. The number of phosphoric acid groups is 2. The Balaban J connectivity index is 4.58. The molecule has 16 nitrogen and oxygen atoms in total. The average molecular weight is 1540 g/mol. The number of hydrogen-bond acceptors (Lipinski definition) is 14. The minimum absolute atomic E-state index is 0.0787. The van der Waals surface area contributed by atoms with Gasteiger partial charge in [-0.25, -0.2) is 9.13 Å². The number of carbonyl (C=O) groups excluding carboxylic acids is 3. The first kappa shape index (κ1) is 102. The minimum Gasteiger partial charge on any atom is -0.463 e. The van der Waals surface area contributed by atoms with E-state index in [2.05, 4.69) is 179 Å². The highest BCUT2D eigenvalue weighted by molar-refractivity contribution is 7.47. The molecule has 0 bridgehead atoms. The molecule has 0 rings (SSSR count). The zero-order valence-electron chi connectivity index (χ0n) is 67.0. The second kappa shape index (κ2) is 80.7. The van der Waals surface area contributed by atoms with Crippen LogP contribution in [0, 0.1) is 0 Å². The quantitative estimate of drug-likeness (QED) is 0.0146. The van der Waals surface area contributed by atoms with Crippen LogP contribution in [-0.4, -0.2) is 95.9 Å². The fourth-order valence-corrected chi connectivity index (χ4v) is 12.5. The summed E-state index contributed by atoms with van der Waals surface area (Å²) in [5.41, 5.74) is 0. The van der Waals surface area contributed by atoms with Gasteiger partial charge in [0.2, 0.25) is 0 Å². The van der Waals surface area contributed by atoms with Gasteiger partial charge < -0.3 is 34.2 Å². The lowest BCUT2D eigenvalue weighted by molar-refractivity contribution is -0.161. The molecule has 0 aliphatic carbocycles. The lowest BCUT2D eigenvalue weighted by atomic mass is 10.0. The summed E-state index contributed by atoms with van der Waals surface area (Å²) in [6.45, 7) is 2.40. The van der Waals surface area contributed by atoms with Gasteiger partial charge in [0.1, 0.15) is 25.4 Å². The number of allylic oxidation sites excluding steroid dienone is 26. The number of unbranched alkanes of at least 4 members (excludes halogenated alkanes) is 29. The van der Waals surface area contributed by atoms with Crippen molar-refractivity contribution < 1.29 is 75.8 Å². The van der Waals surface area contributed by atoms with Crippen molar-refractivity contribution >= 4 is 33.6 Å². The van der Waals surface area contributed by atoms with Crippen molar-refractivity contribution in [3.05, 3.63) is 158 Å². The van der Waals surface area contributed by atoms with Gasteiger partial charge in [-0.2, -0.15) is 0 Å². The molecule has 0 aliphatic heterocycles. The van der Waals surface area contributed by atoms with E-state index in [0.29, 0.717) is 19.3 Å². The summed E-state index contributed by atoms with van der Waals surface area (Å²) in [6.07, 6.45) is 101. The predicted octanol–water partition coefficient (Wildman–Crippen LogP) is 25.0. The van der Waals surface area contributed by atoms with Crippen molar-refractivity contribution in [2.75, 3.05) is 39.6 Å². The number of aliphatic hydroxyl groups is 2. The lowest BCUT2D eigenvalue weighted by Gasteiger charge is -2.21. The molecule has 0 saturated carbocycles. The molecule has 0 spiro atoms. The standard InChI is InChI=1S/C89H150O16P2/c1-4-7-10-13-16-19-22-25-28-31-34-36-37-38-39-40-41-42-43-44-45-47-50-51-54-57-60-63-66-69-72-75-87(92)99-78-84(90)79-101-106(95,96)102-80-85(91)81-103-107(97,98)104-83-86(105-89(94)77-74-71-68-65-62-59-56-53-48-33-30-27-24-21-18-15-12-9-6-3)82-100-88(93)76-73-70-67-64-61-58-55-52-49-46-35-32-29-26-23-20-17-14-11-8-5-2/h8-9,11-12,16-21,25-30,34-36,38-39,46,48,52-53,55,84-86,90-91H,4-7,10,13-15,22-24,31-33,37,40-45,47,49-51,54,56-83H2,1-3H3,(H,95,96)(H,97,98)/b11-8-,12-9-,19-16-,20-17-,21-18-,28-25-,29-26-,30-27-,36-34-,39-38-,46-35-,53-48-,55-52-. The largest absolute Gasteiger partial charge is 0.472 e. The summed E-state index contributed by atoms with van der Waals surface area (Å²) in [4.78, 5) is 58.8. The summed E-state index contributed by atoms with van der Waals surface area (Å²) in [6, 6.07) is 0. The van der Waals surface area contributed by atoms with Crippen molar-refractivity contribution in [1.29, 1.82) is 0 Å². The summed E-state index contributed by atoms with van der Waals surface area (Å²) in [5.74, 6) is -1.61. The summed E-state index contributed by atoms with van der Waals surface area (Å²) < 4.78 is 61.2. The summed E-state index contributed by atoms with van der Waals surface area (Å²) in [7, 11) is -9.81. The number of phosphoric ester groups is 2. The van der Waals surface area contributed by atoms with Crippen molar-refractivity contribution in [2.24, 2.45) is 0 Å². The van der Waals surface area contributed by atoms with Crippen LogP contribution in [0.2, 0.25) is 0 Å². The normalized spacial score (nSPS) is 14.7. The van der Waals surface area contributed by atoms with E-state index in [9.17, 15) is 43.5 Å². The fraction of sp³-hybridized carbons (Fsp3) is 0.674. The number of esters is 3. The third-order valence-electron chi connectivity index (χ3n) is 17.2. The lowest BCUT2D eigenvalue weighted by Crippen LogP contribution is -2.30. The van der Waals surface area contributed by atoms with Crippen LogP contribution in [0.3, 0.4) is 0 Å². The van der Waals surface area contributed by atoms with Crippen LogP contribution in [0.1, 0.15) is 329 Å². The summed E-state index contributed by atoms with van der Waals surface area (Å²) >= 11 is 0. The second-order valence-corrected chi connectivity index (χ2v) is 30.4. The van der Waals surface area contributed by atoms with E-state index in [-0.39, 0.29) is 19.3 Å². The molecule has 0 aliphatic rings. The van der Waals surface area contributed by atoms with E-state index >= 15 is 0 Å². The molecule has 0 aromatic heterocycles. The van der Waals surface area contributed by atoms with E-state index in [4.69, 9.17) is 32.3 Å². The van der Waals surface area contributed by atoms with Crippen LogP contribution in [0.15, 0.2) is 158 Å². The highest BCUT2D eigenvalue weighted by Gasteiger charge is 2.29. The van der Waals surface area contributed by atoms with Crippen LogP contribution >= 0.6 is 15.6 Å². The van der Waals surface area contributed by atoms with Crippen LogP contribution < -0.4 is 0 Å². The van der Waals surface area contributed by atoms with Gasteiger partial charge in [0.15, 0.2) is 6.10 Å². The number of aliphatic hydroxyl groups excluding tert-OH is 2. The van der Waals surface area contributed by atoms with Crippen LogP contribution in [-0.2, 0) is 55.8 Å². The molecule has 0 amide bonds. The van der Waals surface area contributed by atoms with Gasteiger partial charge in [-0.05, 0) is 148 Å². The van der Waals surface area contributed by atoms with Crippen LogP contribution in [0.4, 0.5) is 0 Å². The molecule has 0 heterocycles. The Kier molecular flexibility index (Phi) is 77.0. The smallest absolute Gasteiger partial charge is 0.463 e. The Morgan fingerprint density at radius 1 is 0.271 bits per heavy atom. The van der Waals surface area contributed by atoms with Crippen molar-refractivity contribution in [3.63, 3.8) is 0 Å². The van der Waals surface area contributed by atoms with E-state index in [0.717, 1.165) is 167 Å². The van der Waals surface area contributed by atoms with E-state index in [1.54, 1.807) is 0 Å². The molecule has 0 radical (unpaired) electrons. The Labute approximate surface area is 650 Å². The van der Waals surface area contributed by atoms with Crippen molar-refractivity contribution in [2.45, 2.75) is 347 Å². The first-order valence-electron chi connectivity index (χ1n) is 41.8. The third kappa shape index (κ3) is 82.0. The topological polar surface area (TPSA) is 231 Å². The number of hydrogen-bond donors (Lipinski definition) is 4. The Morgan fingerprint density at radius 3 is 0.785 bits per heavy atom. The number of carbonyl (C=O) groups is 3. The monoisotopic (exact) mass is 1540 g/mol. The molecule has 18 heteroatoms. The first-order valence-corrected chi connectivity index (χ1v) is 44.8. The van der Waals surface area contributed by atoms with Crippen molar-refractivity contribution in [3.8, 4) is 0 Å². The molecule has 0 saturated heterocycles.